The molecule has 1 saturated carbocycles. The van der Waals surface area contributed by atoms with Crippen LogP contribution in [0.1, 0.15) is 44.6 Å². The normalized spacial score (nSPS) is 18.1. The molecule has 0 atom stereocenters. The fourth-order valence-corrected chi connectivity index (χ4v) is 2.95. The number of phenolic OH excluding ortho intramolecular Hbond substituents is 1. The van der Waals surface area contributed by atoms with E-state index in [0.717, 1.165) is 6.54 Å². The SMILES string of the molecule is CCC1(CNCc2cccc(F)c2O)CCCC1. The Bertz CT molecular complexity index is 399. The van der Waals surface area contributed by atoms with Crippen LogP contribution in [0.3, 0.4) is 0 Å². The molecule has 18 heavy (non-hydrogen) atoms. The van der Waals surface area contributed by atoms with Crippen molar-refractivity contribution < 1.29 is 9.50 Å². The van der Waals surface area contributed by atoms with E-state index in [0.29, 0.717) is 17.5 Å². The molecule has 100 valence electrons. The largest absolute Gasteiger partial charge is 0.505 e. The molecule has 1 aliphatic carbocycles. The van der Waals surface area contributed by atoms with Gasteiger partial charge in [0.2, 0.25) is 0 Å². The number of benzene rings is 1. The van der Waals surface area contributed by atoms with E-state index in [9.17, 15) is 9.50 Å². The van der Waals surface area contributed by atoms with E-state index in [2.05, 4.69) is 12.2 Å². The van der Waals surface area contributed by atoms with Gasteiger partial charge in [-0.2, -0.15) is 0 Å². The minimum atomic E-state index is -0.541. The molecule has 1 aromatic rings. The van der Waals surface area contributed by atoms with Crippen LogP contribution in [0.2, 0.25) is 0 Å². The predicted molar refractivity (Wildman–Crippen MR) is 71.0 cm³/mol. The summed E-state index contributed by atoms with van der Waals surface area (Å²) >= 11 is 0. The fourth-order valence-electron chi connectivity index (χ4n) is 2.95. The molecule has 0 amide bonds. The summed E-state index contributed by atoms with van der Waals surface area (Å²) < 4.78 is 13.2. The minimum Gasteiger partial charge on any atom is -0.505 e. The Morgan fingerprint density at radius 2 is 2.06 bits per heavy atom. The zero-order chi connectivity index (χ0) is 13.0. The number of hydrogen-bond donors (Lipinski definition) is 2. The molecule has 0 unspecified atom stereocenters. The maximum atomic E-state index is 13.2. The van der Waals surface area contributed by atoms with Crippen LogP contribution in [0.25, 0.3) is 0 Å². The molecule has 0 radical (unpaired) electrons. The lowest BCUT2D eigenvalue weighted by Gasteiger charge is -2.27. The van der Waals surface area contributed by atoms with E-state index in [1.54, 1.807) is 12.1 Å². The number of para-hydroxylation sites is 1. The minimum absolute atomic E-state index is 0.220. The van der Waals surface area contributed by atoms with Crippen LogP contribution < -0.4 is 5.32 Å². The third-order valence-electron chi connectivity index (χ3n) is 4.30. The topological polar surface area (TPSA) is 32.3 Å². The van der Waals surface area contributed by atoms with Crippen LogP contribution in [-0.2, 0) is 6.54 Å². The first-order valence-corrected chi connectivity index (χ1v) is 6.84. The quantitative estimate of drug-likeness (QED) is 0.838. The molecule has 0 spiro atoms. The molecule has 0 bridgehead atoms. The van der Waals surface area contributed by atoms with E-state index in [-0.39, 0.29) is 5.75 Å². The van der Waals surface area contributed by atoms with Crippen LogP contribution in [-0.4, -0.2) is 11.7 Å². The smallest absolute Gasteiger partial charge is 0.165 e. The molecular formula is C15H22FNO. The maximum Gasteiger partial charge on any atom is 0.165 e. The Balaban J connectivity index is 1.90. The highest BCUT2D eigenvalue weighted by Gasteiger charge is 2.31. The average Bonchev–Trinajstić information content (AvgIpc) is 2.84. The Kier molecular flexibility index (Phi) is 4.23. The van der Waals surface area contributed by atoms with Gasteiger partial charge < -0.3 is 10.4 Å². The molecule has 1 aliphatic rings. The zero-order valence-corrected chi connectivity index (χ0v) is 11.0. The van der Waals surface area contributed by atoms with E-state index < -0.39 is 5.82 Å². The Morgan fingerprint density at radius 3 is 2.72 bits per heavy atom. The van der Waals surface area contributed by atoms with Gasteiger partial charge in [-0.05, 0) is 30.7 Å². The molecule has 0 aliphatic heterocycles. The molecule has 3 heteroatoms. The number of rotatable bonds is 5. The van der Waals surface area contributed by atoms with Crippen molar-refractivity contribution in [2.75, 3.05) is 6.54 Å². The number of aromatic hydroxyl groups is 1. The van der Waals surface area contributed by atoms with Gasteiger partial charge in [-0.25, -0.2) is 4.39 Å². The predicted octanol–water partition coefficient (Wildman–Crippen LogP) is 3.59. The molecule has 1 aromatic carbocycles. The van der Waals surface area contributed by atoms with Gasteiger partial charge >= 0.3 is 0 Å². The highest BCUT2D eigenvalue weighted by molar-refractivity contribution is 5.33. The first-order chi connectivity index (χ1) is 8.67. The molecule has 1 fully saturated rings. The lowest BCUT2D eigenvalue weighted by molar-refractivity contribution is 0.267. The molecular weight excluding hydrogens is 229 g/mol. The summed E-state index contributed by atoms with van der Waals surface area (Å²) in [4.78, 5) is 0. The van der Waals surface area contributed by atoms with Crippen LogP contribution in [0.15, 0.2) is 18.2 Å². The van der Waals surface area contributed by atoms with Crippen LogP contribution in [0.4, 0.5) is 4.39 Å². The second-order valence-corrected chi connectivity index (χ2v) is 5.41. The van der Waals surface area contributed by atoms with Crippen molar-refractivity contribution >= 4 is 0 Å². The summed E-state index contributed by atoms with van der Waals surface area (Å²) in [5.74, 6) is -0.762. The van der Waals surface area contributed by atoms with Crippen molar-refractivity contribution in [2.24, 2.45) is 5.41 Å². The van der Waals surface area contributed by atoms with Crippen LogP contribution in [0.5, 0.6) is 5.75 Å². The first kappa shape index (κ1) is 13.3. The lowest BCUT2D eigenvalue weighted by atomic mass is 9.83. The Hall–Kier alpha value is -1.09. The van der Waals surface area contributed by atoms with E-state index in [4.69, 9.17) is 0 Å². The zero-order valence-electron chi connectivity index (χ0n) is 11.0. The highest BCUT2D eigenvalue weighted by atomic mass is 19.1. The van der Waals surface area contributed by atoms with Crippen LogP contribution in [0, 0.1) is 11.2 Å². The number of nitrogens with one attached hydrogen (secondary N) is 1. The van der Waals surface area contributed by atoms with Gasteiger partial charge in [-0.3, -0.25) is 0 Å². The summed E-state index contributed by atoms with van der Waals surface area (Å²) in [6.07, 6.45) is 6.40. The molecule has 2 nitrogen and oxygen atoms in total. The van der Waals surface area contributed by atoms with Crippen molar-refractivity contribution in [2.45, 2.75) is 45.6 Å². The Morgan fingerprint density at radius 1 is 1.33 bits per heavy atom. The van der Waals surface area contributed by atoms with Gasteiger partial charge in [0.15, 0.2) is 11.6 Å². The molecule has 0 aromatic heterocycles. The van der Waals surface area contributed by atoms with Gasteiger partial charge in [0.05, 0.1) is 0 Å². The number of halogens is 1. The first-order valence-electron chi connectivity index (χ1n) is 6.84. The highest BCUT2D eigenvalue weighted by Crippen LogP contribution is 2.40. The molecule has 2 N–H and O–H groups in total. The third-order valence-corrected chi connectivity index (χ3v) is 4.30. The molecule has 0 heterocycles. The van der Waals surface area contributed by atoms with Crippen LogP contribution >= 0.6 is 0 Å². The van der Waals surface area contributed by atoms with Crippen molar-refractivity contribution in [1.82, 2.24) is 5.32 Å². The summed E-state index contributed by atoms with van der Waals surface area (Å²) in [5.41, 5.74) is 1.06. The fraction of sp³-hybridized carbons (Fsp3) is 0.600. The third kappa shape index (κ3) is 2.83. The summed E-state index contributed by atoms with van der Waals surface area (Å²) in [6, 6.07) is 4.68. The van der Waals surface area contributed by atoms with Gasteiger partial charge in [0.1, 0.15) is 0 Å². The summed E-state index contributed by atoms with van der Waals surface area (Å²) in [7, 11) is 0. The number of phenols is 1. The van der Waals surface area contributed by atoms with E-state index >= 15 is 0 Å². The van der Waals surface area contributed by atoms with Crippen molar-refractivity contribution in [3.8, 4) is 5.75 Å². The van der Waals surface area contributed by atoms with E-state index in [1.807, 2.05) is 0 Å². The van der Waals surface area contributed by atoms with Crippen molar-refractivity contribution in [1.29, 1.82) is 0 Å². The standard InChI is InChI=1S/C15H22FNO/c1-2-15(8-3-4-9-15)11-17-10-12-6-5-7-13(16)14(12)18/h5-7,17-18H,2-4,8-11H2,1H3. The van der Waals surface area contributed by atoms with Gasteiger partial charge in [-0.1, -0.05) is 31.9 Å². The second-order valence-electron chi connectivity index (χ2n) is 5.41. The van der Waals surface area contributed by atoms with E-state index in [1.165, 1.54) is 38.2 Å². The second kappa shape index (κ2) is 5.70. The number of hydrogen-bond acceptors (Lipinski definition) is 2. The summed E-state index contributed by atoms with van der Waals surface area (Å²) in [5, 5.41) is 13.0. The lowest BCUT2D eigenvalue weighted by Crippen LogP contribution is -2.31. The molecule has 0 saturated heterocycles. The van der Waals surface area contributed by atoms with Gasteiger partial charge in [0.25, 0.3) is 0 Å². The van der Waals surface area contributed by atoms with Crippen molar-refractivity contribution in [3.05, 3.63) is 29.6 Å². The molecule has 2 rings (SSSR count). The summed E-state index contributed by atoms with van der Waals surface area (Å²) in [6.45, 7) is 3.73. The van der Waals surface area contributed by atoms with Gasteiger partial charge in [-0.15, -0.1) is 0 Å². The van der Waals surface area contributed by atoms with Crippen molar-refractivity contribution in [3.63, 3.8) is 0 Å². The Labute approximate surface area is 108 Å². The monoisotopic (exact) mass is 251 g/mol. The van der Waals surface area contributed by atoms with Gasteiger partial charge in [0, 0.05) is 18.7 Å². The maximum absolute atomic E-state index is 13.2. The average molecular weight is 251 g/mol.